The van der Waals surface area contributed by atoms with Gasteiger partial charge in [0.25, 0.3) is 0 Å². The van der Waals surface area contributed by atoms with Gasteiger partial charge in [0.05, 0.1) is 6.04 Å². The molecule has 2 unspecified atom stereocenters. The summed E-state index contributed by atoms with van der Waals surface area (Å²) in [5.74, 6) is 0. The molecule has 0 fully saturated rings. The first-order valence-electron chi connectivity index (χ1n) is 6.42. The highest BCUT2D eigenvalue weighted by atomic mass is 32.1. The van der Waals surface area contributed by atoms with Gasteiger partial charge >= 0.3 is 0 Å². The second kappa shape index (κ2) is 6.12. The molecule has 2 rings (SSSR count). The average Bonchev–Trinajstić information content (AvgIpc) is 2.91. The maximum atomic E-state index is 4.37. The van der Waals surface area contributed by atoms with Crippen LogP contribution in [-0.4, -0.2) is 4.98 Å². The van der Waals surface area contributed by atoms with E-state index >= 15 is 0 Å². The molecule has 0 aliphatic carbocycles. The highest BCUT2D eigenvalue weighted by Gasteiger charge is 2.14. The first-order chi connectivity index (χ1) is 8.70. The van der Waals surface area contributed by atoms with Crippen molar-refractivity contribution >= 4 is 11.3 Å². The minimum atomic E-state index is 0.302. The number of nitrogens with one attached hydrogen (secondary N) is 1. The molecule has 0 radical (unpaired) electrons. The third-order valence-electron chi connectivity index (χ3n) is 3.16. The number of aryl methyl sites for hydroxylation is 1. The quantitative estimate of drug-likeness (QED) is 0.869. The topological polar surface area (TPSA) is 24.9 Å². The molecule has 0 aliphatic heterocycles. The van der Waals surface area contributed by atoms with E-state index in [1.807, 2.05) is 11.6 Å². The average molecular weight is 260 g/mol. The first-order valence-corrected chi connectivity index (χ1v) is 7.30. The highest BCUT2D eigenvalue weighted by molar-refractivity contribution is 7.09. The number of nitrogens with zero attached hydrogens (tertiary/aromatic N) is 1. The van der Waals surface area contributed by atoms with Crippen molar-refractivity contribution in [2.75, 3.05) is 0 Å². The number of hydrogen-bond acceptors (Lipinski definition) is 3. The summed E-state index contributed by atoms with van der Waals surface area (Å²) in [7, 11) is 0. The van der Waals surface area contributed by atoms with E-state index in [4.69, 9.17) is 0 Å². The van der Waals surface area contributed by atoms with Crippen molar-refractivity contribution in [3.05, 3.63) is 52.0 Å². The first kappa shape index (κ1) is 13.2. The molecule has 1 heterocycles. The molecule has 0 aliphatic rings. The van der Waals surface area contributed by atoms with Crippen LogP contribution in [0.1, 0.15) is 48.5 Å². The van der Waals surface area contributed by atoms with Crippen molar-refractivity contribution in [1.29, 1.82) is 0 Å². The van der Waals surface area contributed by atoms with Crippen molar-refractivity contribution in [1.82, 2.24) is 10.3 Å². The second-order valence-corrected chi connectivity index (χ2v) is 5.56. The van der Waals surface area contributed by atoms with Crippen LogP contribution in [0.5, 0.6) is 0 Å². The van der Waals surface area contributed by atoms with Crippen molar-refractivity contribution in [3.63, 3.8) is 0 Å². The van der Waals surface area contributed by atoms with Gasteiger partial charge in [-0.3, -0.25) is 0 Å². The van der Waals surface area contributed by atoms with Crippen LogP contribution in [0, 0.1) is 6.92 Å². The summed E-state index contributed by atoms with van der Waals surface area (Å²) in [5, 5.41) is 6.83. The van der Waals surface area contributed by atoms with E-state index in [0.29, 0.717) is 12.1 Å². The van der Waals surface area contributed by atoms with Crippen LogP contribution in [0.3, 0.4) is 0 Å². The third kappa shape index (κ3) is 3.18. The predicted octanol–water partition coefficient (Wildman–Crippen LogP) is 4.25. The summed E-state index contributed by atoms with van der Waals surface area (Å²) in [5.41, 5.74) is 2.66. The van der Waals surface area contributed by atoms with Crippen LogP contribution in [0.15, 0.2) is 35.8 Å². The van der Waals surface area contributed by atoms with Crippen molar-refractivity contribution < 1.29 is 0 Å². The largest absolute Gasteiger partial charge is 0.301 e. The molecule has 18 heavy (non-hydrogen) atoms. The standard InChI is InChI=1S/C15H20N2S/c1-4-14(13-7-5-11(2)6-8-13)17-12(3)15-16-9-10-18-15/h5-10,12,14,17H,4H2,1-3H3. The second-order valence-electron chi connectivity index (χ2n) is 4.63. The molecule has 96 valence electrons. The van der Waals surface area contributed by atoms with E-state index in [1.54, 1.807) is 11.3 Å². The van der Waals surface area contributed by atoms with E-state index in [-0.39, 0.29) is 0 Å². The van der Waals surface area contributed by atoms with Gasteiger partial charge in [-0.2, -0.15) is 0 Å². The Morgan fingerprint density at radius 3 is 2.56 bits per heavy atom. The SMILES string of the molecule is CCC(NC(C)c1nccs1)c1ccc(C)cc1. The molecular formula is C15H20N2S. The van der Waals surface area contributed by atoms with Gasteiger partial charge in [0.15, 0.2) is 0 Å². The number of aromatic nitrogens is 1. The van der Waals surface area contributed by atoms with Crippen molar-refractivity contribution in [3.8, 4) is 0 Å². The lowest BCUT2D eigenvalue weighted by molar-refractivity contribution is 0.455. The van der Waals surface area contributed by atoms with Gasteiger partial charge in [0.1, 0.15) is 5.01 Å². The lowest BCUT2D eigenvalue weighted by Crippen LogP contribution is -2.24. The molecule has 2 nitrogen and oxygen atoms in total. The molecule has 0 saturated heterocycles. The zero-order valence-corrected chi connectivity index (χ0v) is 12.0. The lowest BCUT2D eigenvalue weighted by atomic mass is 10.0. The Labute approximate surface area is 113 Å². The minimum Gasteiger partial charge on any atom is -0.301 e. The third-order valence-corrected chi connectivity index (χ3v) is 4.12. The smallest absolute Gasteiger partial charge is 0.109 e. The van der Waals surface area contributed by atoms with E-state index in [1.165, 1.54) is 11.1 Å². The summed E-state index contributed by atoms with van der Waals surface area (Å²) < 4.78 is 0. The molecule has 1 aromatic heterocycles. The summed E-state index contributed by atoms with van der Waals surface area (Å²) in [4.78, 5) is 4.37. The Hall–Kier alpha value is -1.19. The summed E-state index contributed by atoms with van der Waals surface area (Å²) in [6, 6.07) is 9.47. The van der Waals surface area contributed by atoms with E-state index in [0.717, 1.165) is 11.4 Å². The molecule has 3 heteroatoms. The van der Waals surface area contributed by atoms with Gasteiger partial charge in [-0.05, 0) is 25.8 Å². The number of rotatable bonds is 5. The monoisotopic (exact) mass is 260 g/mol. The fourth-order valence-electron chi connectivity index (χ4n) is 2.07. The van der Waals surface area contributed by atoms with Crippen LogP contribution in [-0.2, 0) is 0 Å². The minimum absolute atomic E-state index is 0.302. The van der Waals surface area contributed by atoms with E-state index in [9.17, 15) is 0 Å². The van der Waals surface area contributed by atoms with Crippen LogP contribution in [0.4, 0.5) is 0 Å². The molecule has 0 spiro atoms. The van der Waals surface area contributed by atoms with Crippen LogP contribution >= 0.6 is 11.3 Å². The zero-order valence-electron chi connectivity index (χ0n) is 11.2. The van der Waals surface area contributed by atoms with Crippen LogP contribution in [0.2, 0.25) is 0 Å². The normalized spacial score (nSPS) is 14.4. The molecule has 0 saturated carbocycles. The van der Waals surface area contributed by atoms with Gasteiger partial charge < -0.3 is 5.32 Å². The Morgan fingerprint density at radius 2 is 2.00 bits per heavy atom. The van der Waals surface area contributed by atoms with E-state index < -0.39 is 0 Å². The zero-order chi connectivity index (χ0) is 13.0. The lowest BCUT2D eigenvalue weighted by Gasteiger charge is -2.21. The van der Waals surface area contributed by atoms with Gasteiger partial charge in [-0.15, -0.1) is 11.3 Å². The molecule has 1 N–H and O–H groups in total. The Bertz CT molecular complexity index is 462. The molecule has 2 aromatic rings. The van der Waals surface area contributed by atoms with Gasteiger partial charge in [-0.25, -0.2) is 4.98 Å². The number of benzene rings is 1. The van der Waals surface area contributed by atoms with E-state index in [2.05, 4.69) is 55.3 Å². The fraction of sp³-hybridized carbons (Fsp3) is 0.400. The van der Waals surface area contributed by atoms with Gasteiger partial charge in [-0.1, -0.05) is 36.8 Å². The Balaban J connectivity index is 2.07. The Kier molecular flexibility index (Phi) is 4.50. The van der Waals surface area contributed by atoms with Crippen LogP contribution in [0.25, 0.3) is 0 Å². The van der Waals surface area contributed by atoms with Crippen molar-refractivity contribution in [2.24, 2.45) is 0 Å². The van der Waals surface area contributed by atoms with Gasteiger partial charge in [0.2, 0.25) is 0 Å². The van der Waals surface area contributed by atoms with Gasteiger partial charge in [0, 0.05) is 17.6 Å². The molecular weight excluding hydrogens is 240 g/mol. The Morgan fingerprint density at radius 1 is 1.28 bits per heavy atom. The number of hydrogen-bond donors (Lipinski definition) is 1. The predicted molar refractivity (Wildman–Crippen MR) is 77.9 cm³/mol. The molecule has 2 atom stereocenters. The van der Waals surface area contributed by atoms with Crippen molar-refractivity contribution in [2.45, 2.75) is 39.3 Å². The highest BCUT2D eigenvalue weighted by Crippen LogP contribution is 2.23. The molecule has 1 aromatic carbocycles. The van der Waals surface area contributed by atoms with Crippen LogP contribution < -0.4 is 5.32 Å². The summed E-state index contributed by atoms with van der Waals surface area (Å²) in [6.07, 6.45) is 2.95. The number of thiazole rings is 1. The fourth-order valence-corrected chi connectivity index (χ4v) is 2.72. The maximum absolute atomic E-state index is 4.37. The maximum Gasteiger partial charge on any atom is 0.109 e. The molecule has 0 bridgehead atoms. The summed E-state index contributed by atoms with van der Waals surface area (Å²) in [6.45, 7) is 6.51. The summed E-state index contributed by atoms with van der Waals surface area (Å²) >= 11 is 1.71. The molecule has 0 amide bonds.